The van der Waals surface area contributed by atoms with Crippen molar-refractivity contribution in [3.63, 3.8) is 0 Å². The zero-order chi connectivity index (χ0) is 12.8. The molecular formula is C13H18O3SY-2. The number of esters is 1. The third-order valence-corrected chi connectivity index (χ3v) is 1.76. The average molecular weight is 343 g/mol. The van der Waals surface area contributed by atoms with Gasteiger partial charge in [-0.3, -0.25) is 0 Å². The third kappa shape index (κ3) is 9.69. The molecule has 0 aliphatic carbocycles. The van der Waals surface area contributed by atoms with Crippen LogP contribution in [0.1, 0.15) is 31.1 Å². The molecule has 0 N–H and O–H groups in total. The fourth-order valence-electron chi connectivity index (χ4n) is 0.928. The Labute approximate surface area is 140 Å². The second-order valence-corrected chi connectivity index (χ2v) is 4.50. The molecule has 3 nitrogen and oxygen atoms in total. The summed E-state index contributed by atoms with van der Waals surface area (Å²) in [5.41, 5.74) is 0.0810. The Morgan fingerprint density at radius 1 is 1.17 bits per heavy atom. The minimum atomic E-state index is -0.455. The minimum Gasteiger partial charge on any atom is -0.780 e. The van der Waals surface area contributed by atoms with Gasteiger partial charge in [0.2, 0.25) is 0 Å². The Balaban J connectivity index is -0.000000534. The zero-order valence-electron chi connectivity index (χ0n) is 11.2. The summed E-state index contributed by atoms with van der Waals surface area (Å²) in [6, 6.07) is 6.79. The molecule has 0 spiro atoms. The summed E-state index contributed by atoms with van der Waals surface area (Å²) >= 11 is 4.92. The maximum Gasteiger partial charge on any atom is 0.338 e. The van der Waals surface area contributed by atoms with Crippen molar-refractivity contribution in [2.24, 2.45) is 0 Å². The van der Waals surface area contributed by atoms with Gasteiger partial charge in [-0.1, -0.05) is 12.1 Å². The van der Waals surface area contributed by atoms with E-state index in [1.807, 2.05) is 27.6 Å². The van der Waals surface area contributed by atoms with Gasteiger partial charge in [-0.25, -0.2) is 4.79 Å². The van der Waals surface area contributed by atoms with Crippen molar-refractivity contribution in [3.05, 3.63) is 37.3 Å². The molecule has 1 aromatic carbocycles. The molecule has 18 heavy (non-hydrogen) atoms. The molecule has 1 aromatic rings. The maximum absolute atomic E-state index is 11.5. The average Bonchev–Trinajstić information content (AvgIpc) is 2.19. The van der Waals surface area contributed by atoms with Crippen LogP contribution in [0.2, 0.25) is 0 Å². The van der Waals surface area contributed by atoms with Gasteiger partial charge in [0.15, 0.2) is 0 Å². The van der Waals surface area contributed by atoms with Gasteiger partial charge in [0.25, 0.3) is 0 Å². The van der Waals surface area contributed by atoms with Crippen molar-refractivity contribution in [3.8, 4) is 0 Å². The Hall–Kier alpha value is -0.316. The number of carbonyl (C=O) groups is 2. The predicted molar refractivity (Wildman–Crippen MR) is 70.8 cm³/mol. The van der Waals surface area contributed by atoms with Crippen LogP contribution in [0.4, 0.5) is 0 Å². The van der Waals surface area contributed by atoms with E-state index in [9.17, 15) is 4.79 Å². The van der Waals surface area contributed by atoms with Gasteiger partial charge in [0, 0.05) is 32.7 Å². The number of carbonyl (C=O) groups excluding carboxylic acids is 2. The van der Waals surface area contributed by atoms with Crippen molar-refractivity contribution >= 4 is 25.4 Å². The first-order valence-electron chi connectivity index (χ1n) is 4.68. The van der Waals surface area contributed by atoms with Crippen LogP contribution in [-0.2, 0) is 54.9 Å². The molecule has 0 aliphatic heterocycles. The molecule has 0 saturated carbocycles. The van der Waals surface area contributed by atoms with Crippen molar-refractivity contribution in [1.82, 2.24) is 0 Å². The summed E-state index contributed by atoms with van der Waals surface area (Å²) in [6.45, 7) is 7.52. The van der Waals surface area contributed by atoms with E-state index in [1.165, 1.54) is 0 Å². The summed E-state index contributed by atoms with van der Waals surface area (Å²) in [7, 11) is 0. The van der Waals surface area contributed by atoms with E-state index in [1.54, 1.807) is 24.3 Å². The molecule has 0 aromatic heterocycles. The fraction of sp³-hybridized carbons (Fsp3) is 0.308. The van der Waals surface area contributed by atoms with Crippen LogP contribution in [0.25, 0.3) is 0 Å². The van der Waals surface area contributed by atoms with Crippen molar-refractivity contribution in [1.29, 1.82) is 0 Å². The first kappa shape index (κ1) is 22.8. The molecule has 0 amide bonds. The Bertz CT molecular complexity index is 344. The van der Waals surface area contributed by atoms with Crippen LogP contribution in [0, 0.1) is 7.43 Å². The van der Waals surface area contributed by atoms with E-state index in [2.05, 4.69) is 0 Å². The second kappa shape index (κ2) is 10.6. The molecule has 0 unspecified atom stereocenters. The van der Waals surface area contributed by atoms with Crippen molar-refractivity contribution in [2.75, 3.05) is 0 Å². The normalized spacial score (nSPS) is 8.83. The summed E-state index contributed by atoms with van der Waals surface area (Å²) in [6.07, 6.45) is 0. The molecule has 0 aliphatic rings. The van der Waals surface area contributed by atoms with E-state index < -0.39 is 5.60 Å². The first-order chi connectivity index (χ1) is 7.38. The summed E-state index contributed by atoms with van der Waals surface area (Å²) < 4.78 is 5.19. The van der Waals surface area contributed by atoms with Gasteiger partial charge in [-0.15, -0.1) is 0 Å². The van der Waals surface area contributed by atoms with Crippen LogP contribution >= 0.6 is 0 Å². The van der Waals surface area contributed by atoms with Crippen LogP contribution in [0.15, 0.2) is 29.2 Å². The predicted octanol–water partition coefficient (Wildman–Crippen LogP) is 2.81. The fourth-order valence-corrected chi connectivity index (χ4v) is 1.06. The van der Waals surface area contributed by atoms with Crippen LogP contribution < -0.4 is 0 Å². The van der Waals surface area contributed by atoms with Crippen LogP contribution in [-0.4, -0.2) is 18.4 Å². The Morgan fingerprint density at radius 2 is 1.56 bits per heavy atom. The molecule has 99 valence electrons. The van der Waals surface area contributed by atoms with E-state index in [0.717, 1.165) is 4.90 Å². The standard InChI is InChI=1S/C11H14O2S.CH2O.CH3.Y/c1-11(2,3)13-10(12)8-4-6-9(14)7-5-8;1-2;;/h4-7,14H,1-3H3;1H2;1H3;/q;;-1;/p-1. The maximum atomic E-state index is 11.5. The Morgan fingerprint density at radius 3 is 1.89 bits per heavy atom. The largest absolute Gasteiger partial charge is 0.780 e. The number of hydrogen-bond acceptors (Lipinski definition) is 4. The summed E-state index contributed by atoms with van der Waals surface area (Å²) in [4.78, 5) is 20.2. The Kier molecular flexibility index (Phi) is 13.4. The van der Waals surface area contributed by atoms with Crippen LogP contribution in [0.3, 0.4) is 0 Å². The zero-order valence-corrected chi connectivity index (χ0v) is 14.9. The van der Waals surface area contributed by atoms with Crippen molar-refractivity contribution in [2.45, 2.75) is 31.3 Å². The van der Waals surface area contributed by atoms with E-state index in [-0.39, 0.29) is 46.1 Å². The molecule has 1 radical (unpaired) electrons. The molecule has 0 heterocycles. The summed E-state index contributed by atoms with van der Waals surface area (Å²) in [5, 5.41) is 0. The van der Waals surface area contributed by atoms with Gasteiger partial charge in [-0.05, 0) is 32.9 Å². The van der Waals surface area contributed by atoms with E-state index in [4.69, 9.17) is 22.2 Å². The topological polar surface area (TPSA) is 43.4 Å². The quantitative estimate of drug-likeness (QED) is 0.447. The minimum absolute atomic E-state index is 0. The monoisotopic (exact) mass is 343 g/mol. The third-order valence-electron chi connectivity index (χ3n) is 1.49. The molecular weight excluding hydrogens is 325 g/mol. The second-order valence-electron chi connectivity index (χ2n) is 4.03. The molecule has 1 rings (SSSR count). The van der Waals surface area contributed by atoms with E-state index in [0.29, 0.717) is 5.56 Å². The molecule has 0 saturated heterocycles. The van der Waals surface area contributed by atoms with E-state index >= 15 is 0 Å². The van der Waals surface area contributed by atoms with Gasteiger partial charge >= 0.3 is 5.97 Å². The number of rotatable bonds is 1. The number of benzene rings is 1. The van der Waals surface area contributed by atoms with Gasteiger partial charge < -0.3 is 29.6 Å². The van der Waals surface area contributed by atoms with Gasteiger partial charge in [0.05, 0.1) is 5.56 Å². The number of hydrogen-bond donors (Lipinski definition) is 0. The molecule has 0 bridgehead atoms. The van der Waals surface area contributed by atoms with Gasteiger partial charge in [0.1, 0.15) is 12.4 Å². The smallest absolute Gasteiger partial charge is 0.338 e. The SMILES string of the molecule is C=O.CC(C)(C)OC(=O)c1ccc([S-])cc1.[CH3-].[Y]. The molecule has 5 heteroatoms. The number of ether oxygens (including phenoxy) is 1. The summed E-state index contributed by atoms with van der Waals surface area (Å²) in [5.74, 6) is -0.312. The first-order valence-corrected chi connectivity index (χ1v) is 5.08. The van der Waals surface area contributed by atoms with Gasteiger partial charge in [-0.2, -0.15) is 4.90 Å². The molecule has 0 fully saturated rings. The van der Waals surface area contributed by atoms with Crippen molar-refractivity contribution < 1.29 is 47.0 Å². The molecule has 0 atom stereocenters. The van der Waals surface area contributed by atoms with Crippen LogP contribution in [0.5, 0.6) is 0 Å².